The van der Waals surface area contributed by atoms with E-state index in [2.05, 4.69) is 11.0 Å². The Hall–Kier alpha value is -0.410. The summed E-state index contributed by atoms with van der Waals surface area (Å²) >= 11 is 5.03. The minimum absolute atomic E-state index is 0.630. The summed E-state index contributed by atoms with van der Waals surface area (Å²) in [6.07, 6.45) is 20.7. The largest absolute Gasteiger partial charge is 0.472 e. The van der Waals surface area contributed by atoms with E-state index in [4.69, 9.17) is 17.0 Å². The van der Waals surface area contributed by atoms with Crippen molar-refractivity contribution in [2.45, 2.75) is 82.3 Å². The Kier molecular flexibility index (Phi) is 6.36. The molecule has 0 bridgehead atoms. The van der Waals surface area contributed by atoms with Crippen LogP contribution in [0.15, 0.2) is 23.0 Å². The third kappa shape index (κ3) is 4.70. The summed E-state index contributed by atoms with van der Waals surface area (Å²) < 4.78 is 5.24. The molecule has 0 N–H and O–H groups in total. The fourth-order valence-electron chi connectivity index (χ4n) is 5.93. The summed E-state index contributed by atoms with van der Waals surface area (Å²) in [7, 11) is 0. The zero-order valence-electron chi connectivity index (χ0n) is 16.4. The van der Waals surface area contributed by atoms with Gasteiger partial charge >= 0.3 is 0 Å². The van der Waals surface area contributed by atoms with Crippen molar-refractivity contribution < 1.29 is 4.42 Å². The summed E-state index contributed by atoms with van der Waals surface area (Å²) in [6, 6.07) is 2.14. The van der Waals surface area contributed by atoms with Gasteiger partial charge in [-0.2, -0.15) is 12.6 Å². The molecule has 1 aliphatic heterocycles. The molecule has 2 heterocycles. The van der Waals surface area contributed by atoms with Crippen LogP contribution in [0.1, 0.15) is 76.2 Å². The van der Waals surface area contributed by atoms with Gasteiger partial charge in [0, 0.05) is 5.25 Å². The lowest BCUT2D eigenvalue weighted by Crippen LogP contribution is -2.35. The molecule has 3 fully saturated rings. The summed E-state index contributed by atoms with van der Waals surface area (Å²) in [5.74, 6) is 1.75. The standard InChI is InChI=1S/C23H37NOS/c26-22(7-15-24-13-1-2-14-24)21-5-11-23(12-6-21)9-3-19(4-10-23)17-20-8-16-25-18-20/h8,16,18-19,21-22,26H,1-7,9-15,17H2. The van der Waals surface area contributed by atoms with Crippen molar-refractivity contribution in [2.24, 2.45) is 17.3 Å². The van der Waals surface area contributed by atoms with E-state index in [1.807, 2.05) is 12.5 Å². The van der Waals surface area contributed by atoms with Crippen molar-refractivity contribution in [3.8, 4) is 0 Å². The molecule has 0 radical (unpaired) electrons. The van der Waals surface area contributed by atoms with E-state index in [9.17, 15) is 0 Å². The van der Waals surface area contributed by atoms with E-state index in [1.165, 1.54) is 102 Å². The average Bonchev–Trinajstić information content (AvgIpc) is 3.36. The monoisotopic (exact) mass is 375 g/mol. The molecule has 1 aromatic rings. The maximum Gasteiger partial charge on any atom is 0.0934 e. The molecule has 2 nitrogen and oxygen atoms in total. The van der Waals surface area contributed by atoms with Gasteiger partial charge in [0.05, 0.1) is 12.5 Å². The van der Waals surface area contributed by atoms with Crippen molar-refractivity contribution in [3.05, 3.63) is 24.2 Å². The molecular weight excluding hydrogens is 338 g/mol. The minimum atomic E-state index is 0.630. The molecule has 0 amide bonds. The van der Waals surface area contributed by atoms with Crippen molar-refractivity contribution in [2.75, 3.05) is 19.6 Å². The molecule has 26 heavy (non-hydrogen) atoms. The maximum atomic E-state index is 5.24. The molecule has 1 aromatic heterocycles. The zero-order chi connectivity index (χ0) is 17.8. The van der Waals surface area contributed by atoms with Gasteiger partial charge in [0.25, 0.3) is 0 Å². The second kappa shape index (κ2) is 8.73. The average molecular weight is 376 g/mol. The van der Waals surface area contributed by atoms with Gasteiger partial charge in [-0.1, -0.05) is 0 Å². The minimum Gasteiger partial charge on any atom is -0.472 e. The first kappa shape index (κ1) is 18.9. The smallest absolute Gasteiger partial charge is 0.0934 e. The Labute approximate surface area is 165 Å². The Morgan fingerprint density at radius 3 is 2.42 bits per heavy atom. The number of hydrogen-bond donors (Lipinski definition) is 1. The Morgan fingerprint density at radius 2 is 1.77 bits per heavy atom. The van der Waals surface area contributed by atoms with Gasteiger partial charge in [0.1, 0.15) is 0 Å². The molecule has 3 aliphatic rings. The summed E-state index contributed by atoms with van der Waals surface area (Å²) in [4.78, 5) is 2.65. The summed E-state index contributed by atoms with van der Waals surface area (Å²) in [5.41, 5.74) is 2.08. The van der Waals surface area contributed by atoms with Crippen LogP contribution < -0.4 is 0 Å². The number of thiol groups is 1. The molecule has 1 spiro atoms. The van der Waals surface area contributed by atoms with Crippen molar-refractivity contribution >= 4 is 12.6 Å². The molecule has 1 saturated heterocycles. The lowest BCUT2D eigenvalue weighted by Gasteiger charge is -2.46. The second-order valence-corrected chi connectivity index (χ2v) is 10.2. The summed E-state index contributed by atoms with van der Waals surface area (Å²) in [5, 5.41) is 0.630. The highest BCUT2D eigenvalue weighted by molar-refractivity contribution is 7.81. The van der Waals surface area contributed by atoms with Gasteiger partial charge in [-0.15, -0.1) is 0 Å². The molecule has 2 aliphatic carbocycles. The van der Waals surface area contributed by atoms with Crippen LogP contribution in [0.2, 0.25) is 0 Å². The molecule has 2 saturated carbocycles. The highest BCUT2D eigenvalue weighted by Gasteiger charge is 2.39. The fourth-order valence-corrected chi connectivity index (χ4v) is 6.34. The van der Waals surface area contributed by atoms with E-state index in [0.717, 1.165) is 11.8 Å². The number of likely N-dealkylation sites (tertiary alicyclic amines) is 1. The lowest BCUT2D eigenvalue weighted by molar-refractivity contribution is 0.0739. The molecule has 1 atom stereocenters. The van der Waals surface area contributed by atoms with Crippen LogP contribution in [0.4, 0.5) is 0 Å². The Bertz CT molecular complexity index is 518. The topological polar surface area (TPSA) is 16.4 Å². The SMILES string of the molecule is SC(CCN1CCCC1)C1CCC2(CCC(Cc3ccoc3)CC2)CC1. The van der Waals surface area contributed by atoms with Crippen molar-refractivity contribution in [1.29, 1.82) is 0 Å². The first-order chi connectivity index (χ1) is 12.7. The van der Waals surface area contributed by atoms with E-state index >= 15 is 0 Å². The maximum absolute atomic E-state index is 5.24. The molecule has 0 aromatic carbocycles. The fraction of sp³-hybridized carbons (Fsp3) is 0.826. The summed E-state index contributed by atoms with van der Waals surface area (Å²) in [6.45, 7) is 3.94. The van der Waals surface area contributed by atoms with Crippen LogP contribution in [0.3, 0.4) is 0 Å². The van der Waals surface area contributed by atoms with Gasteiger partial charge in [-0.05, 0) is 126 Å². The van der Waals surface area contributed by atoms with Crippen molar-refractivity contribution in [3.63, 3.8) is 0 Å². The van der Waals surface area contributed by atoms with Crippen LogP contribution >= 0.6 is 12.6 Å². The highest BCUT2D eigenvalue weighted by atomic mass is 32.1. The second-order valence-electron chi connectivity index (χ2n) is 9.52. The first-order valence-electron chi connectivity index (χ1n) is 11.1. The van der Waals surface area contributed by atoms with Gasteiger partial charge in [-0.3, -0.25) is 0 Å². The number of furan rings is 1. The van der Waals surface area contributed by atoms with Crippen LogP contribution in [0.25, 0.3) is 0 Å². The molecule has 146 valence electrons. The van der Waals surface area contributed by atoms with Crippen LogP contribution in [-0.2, 0) is 6.42 Å². The molecule has 4 rings (SSSR count). The number of hydrogen-bond acceptors (Lipinski definition) is 3. The van der Waals surface area contributed by atoms with E-state index in [0.29, 0.717) is 10.7 Å². The normalized spacial score (nSPS) is 34.3. The lowest BCUT2D eigenvalue weighted by atomic mass is 9.60. The Morgan fingerprint density at radius 1 is 1.08 bits per heavy atom. The van der Waals surface area contributed by atoms with Crippen LogP contribution in [0.5, 0.6) is 0 Å². The third-order valence-electron chi connectivity index (χ3n) is 7.85. The van der Waals surface area contributed by atoms with E-state index in [1.54, 1.807) is 0 Å². The quantitative estimate of drug-likeness (QED) is 0.616. The van der Waals surface area contributed by atoms with Gasteiger partial charge in [0.2, 0.25) is 0 Å². The van der Waals surface area contributed by atoms with Gasteiger partial charge in [-0.25, -0.2) is 0 Å². The van der Waals surface area contributed by atoms with E-state index in [-0.39, 0.29) is 0 Å². The van der Waals surface area contributed by atoms with Gasteiger partial charge in [0.15, 0.2) is 0 Å². The molecule has 1 unspecified atom stereocenters. The van der Waals surface area contributed by atoms with Gasteiger partial charge < -0.3 is 9.32 Å². The predicted octanol–water partition coefficient (Wildman–Crippen LogP) is 5.97. The van der Waals surface area contributed by atoms with E-state index < -0.39 is 0 Å². The van der Waals surface area contributed by atoms with Crippen LogP contribution in [0, 0.1) is 17.3 Å². The first-order valence-corrected chi connectivity index (χ1v) is 11.7. The highest BCUT2D eigenvalue weighted by Crippen LogP contribution is 2.51. The third-order valence-corrected chi connectivity index (χ3v) is 8.52. The molecule has 3 heteroatoms. The van der Waals surface area contributed by atoms with Crippen LogP contribution in [-0.4, -0.2) is 29.8 Å². The number of nitrogens with zero attached hydrogens (tertiary/aromatic N) is 1. The Balaban J connectivity index is 1.18. The molecular formula is C23H37NOS. The zero-order valence-corrected chi connectivity index (χ0v) is 17.3. The predicted molar refractivity (Wildman–Crippen MR) is 112 cm³/mol. The number of rotatable bonds is 6. The van der Waals surface area contributed by atoms with Crippen molar-refractivity contribution in [1.82, 2.24) is 4.90 Å².